The number of carbonyl (C=O) groups is 2. The molecule has 3 amide bonds. The summed E-state index contributed by atoms with van der Waals surface area (Å²) < 4.78 is 0. The Morgan fingerprint density at radius 1 is 1.33 bits per heavy atom. The van der Waals surface area contributed by atoms with Crippen molar-refractivity contribution in [2.45, 2.75) is 44.6 Å². The van der Waals surface area contributed by atoms with Crippen LogP contribution >= 0.6 is 11.6 Å². The van der Waals surface area contributed by atoms with Gasteiger partial charge in [-0.05, 0) is 49.8 Å². The number of carbonyl (C=O) groups excluding carboxylic acids is 2. The first kappa shape index (κ1) is 14.4. The van der Waals surface area contributed by atoms with Crippen LogP contribution in [0.2, 0.25) is 5.02 Å². The molecule has 1 aliphatic heterocycles. The number of urea groups is 1. The zero-order chi connectivity index (χ0) is 15.0. The second kappa shape index (κ2) is 5.34. The highest BCUT2D eigenvalue weighted by atomic mass is 35.5. The van der Waals surface area contributed by atoms with Gasteiger partial charge in [0, 0.05) is 5.02 Å². The van der Waals surface area contributed by atoms with Gasteiger partial charge in [-0.25, -0.2) is 9.69 Å². The van der Waals surface area contributed by atoms with E-state index >= 15 is 0 Å². The van der Waals surface area contributed by atoms with Gasteiger partial charge in [-0.15, -0.1) is 0 Å². The molecule has 1 aromatic rings. The predicted octanol–water partition coefficient (Wildman–Crippen LogP) is 3.74. The van der Waals surface area contributed by atoms with Gasteiger partial charge in [0.2, 0.25) is 0 Å². The van der Waals surface area contributed by atoms with Crippen molar-refractivity contribution in [3.63, 3.8) is 0 Å². The van der Waals surface area contributed by atoms with Crippen molar-refractivity contribution in [3.05, 3.63) is 29.3 Å². The molecular formula is C16H19ClN2O2. The Labute approximate surface area is 129 Å². The van der Waals surface area contributed by atoms with Crippen LogP contribution in [0.5, 0.6) is 0 Å². The summed E-state index contributed by atoms with van der Waals surface area (Å²) in [6.45, 7) is 2.18. The lowest BCUT2D eigenvalue weighted by molar-refractivity contribution is -0.123. The van der Waals surface area contributed by atoms with Crippen molar-refractivity contribution in [1.82, 2.24) is 5.32 Å². The lowest BCUT2D eigenvalue weighted by atomic mass is 9.75. The number of amides is 3. The molecule has 0 atom stereocenters. The lowest BCUT2D eigenvalue weighted by Crippen LogP contribution is -2.49. The summed E-state index contributed by atoms with van der Waals surface area (Å²) >= 11 is 5.96. The number of nitrogens with one attached hydrogen (secondary N) is 1. The summed E-state index contributed by atoms with van der Waals surface area (Å²) in [6, 6.07) is 6.52. The van der Waals surface area contributed by atoms with E-state index in [4.69, 9.17) is 11.6 Å². The standard InChI is InChI=1S/C16H19ClN2O2/c1-2-11-6-8-16(9-7-11)14(20)19(15(21)18-16)13-5-3-4-12(17)10-13/h3-5,10-11H,2,6-9H2,1H3,(H,18,21). The van der Waals surface area contributed by atoms with Crippen molar-refractivity contribution in [2.75, 3.05) is 4.90 Å². The highest BCUT2D eigenvalue weighted by molar-refractivity contribution is 6.31. The maximum absolute atomic E-state index is 12.8. The molecule has 3 rings (SSSR count). The van der Waals surface area contributed by atoms with Crippen LogP contribution in [-0.2, 0) is 4.79 Å². The van der Waals surface area contributed by atoms with Gasteiger partial charge in [0.1, 0.15) is 5.54 Å². The van der Waals surface area contributed by atoms with E-state index in [-0.39, 0.29) is 11.9 Å². The smallest absolute Gasteiger partial charge is 0.323 e. The fraction of sp³-hybridized carbons (Fsp3) is 0.500. The SMILES string of the molecule is CCC1CCC2(CC1)NC(=O)N(c1cccc(Cl)c1)C2=O. The summed E-state index contributed by atoms with van der Waals surface area (Å²) in [6.07, 6.45) is 4.58. The molecule has 1 saturated carbocycles. The van der Waals surface area contributed by atoms with Gasteiger partial charge >= 0.3 is 6.03 Å². The van der Waals surface area contributed by atoms with Crippen molar-refractivity contribution >= 4 is 29.2 Å². The Hall–Kier alpha value is -1.55. The summed E-state index contributed by atoms with van der Waals surface area (Å²) in [4.78, 5) is 26.3. The van der Waals surface area contributed by atoms with E-state index in [1.165, 1.54) is 4.90 Å². The number of anilines is 1. The molecule has 112 valence electrons. The van der Waals surface area contributed by atoms with Crippen LogP contribution < -0.4 is 10.2 Å². The van der Waals surface area contributed by atoms with Gasteiger partial charge in [0.25, 0.3) is 5.91 Å². The quantitative estimate of drug-likeness (QED) is 0.846. The van der Waals surface area contributed by atoms with E-state index in [9.17, 15) is 9.59 Å². The molecule has 4 nitrogen and oxygen atoms in total. The van der Waals surface area contributed by atoms with Crippen LogP contribution in [0.15, 0.2) is 24.3 Å². The number of hydrogen-bond donors (Lipinski definition) is 1. The fourth-order valence-electron chi connectivity index (χ4n) is 3.39. The number of benzene rings is 1. The van der Waals surface area contributed by atoms with E-state index in [2.05, 4.69) is 12.2 Å². The van der Waals surface area contributed by atoms with Crippen LogP contribution in [0.1, 0.15) is 39.0 Å². The first-order chi connectivity index (χ1) is 10.1. The minimum atomic E-state index is -0.703. The second-order valence-corrected chi connectivity index (χ2v) is 6.42. The second-order valence-electron chi connectivity index (χ2n) is 5.98. The first-order valence-electron chi connectivity index (χ1n) is 7.48. The minimum absolute atomic E-state index is 0.135. The van der Waals surface area contributed by atoms with Crippen LogP contribution in [0.4, 0.5) is 10.5 Å². The Bertz CT molecular complexity index is 579. The Kier molecular flexibility index (Phi) is 3.66. The maximum Gasteiger partial charge on any atom is 0.329 e. The molecule has 0 bridgehead atoms. The monoisotopic (exact) mass is 306 g/mol. The summed E-state index contributed by atoms with van der Waals surface area (Å²) in [5.41, 5.74) is -0.162. The number of halogens is 1. The van der Waals surface area contributed by atoms with E-state index in [0.717, 1.165) is 32.1 Å². The van der Waals surface area contributed by atoms with Gasteiger partial charge < -0.3 is 5.32 Å². The summed E-state index contributed by atoms with van der Waals surface area (Å²) in [5.74, 6) is 0.532. The molecule has 2 aliphatic rings. The normalized spacial score (nSPS) is 29.0. The first-order valence-corrected chi connectivity index (χ1v) is 7.86. The van der Waals surface area contributed by atoms with Crippen molar-refractivity contribution < 1.29 is 9.59 Å². The Morgan fingerprint density at radius 2 is 2.05 bits per heavy atom. The van der Waals surface area contributed by atoms with Gasteiger partial charge in [0.05, 0.1) is 5.69 Å². The van der Waals surface area contributed by atoms with Crippen molar-refractivity contribution in [1.29, 1.82) is 0 Å². The molecule has 1 N–H and O–H groups in total. The summed E-state index contributed by atoms with van der Waals surface area (Å²) in [7, 11) is 0. The van der Waals surface area contributed by atoms with Gasteiger partial charge in [-0.1, -0.05) is 31.0 Å². The summed E-state index contributed by atoms with van der Waals surface area (Å²) in [5, 5.41) is 3.44. The Morgan fingerprint density at radius 3 is 2.67 bits per heavy atom. The topological polar surface area (TPSA) is 49.4 Å². The number of nitrogens with zero attached hydrogens (tertiary/aromatic N) is 1. The molecule has 1 spiro atoms. The molecular weight excluding hydrogens is 288 g/mol. The molecule has 0 radical (unpaired) electrons. The molecule has 1 saturated heterocycles. The van der Waals surface area contributed by atoms with Crippen LogP contribution in [0.3, 0.4) is 0 Å². The molecule has 1 aromatic carbocycles. The molecule has 0 unspecified atom stereocenters. The highest BCUT2D eigenvalue weighted by Crippen LogP contribution is 2.39. The third kappa shape index (κ3) is 2.42. The average Bonchev–Trinajstić information content (AvgIpc) is 2.71. The average molecular weight is 307 g/mol. The number of hydrogen-bond acceptors (Lipinski definition) is 2. The zero-order valence-electron chi connectivity index (χ0n) is 12.1. The van der Waals surface area contributed by atoms with Crippen LogP contribution in [0, 0.1) is 5.92 Å². The molecule has 0 aromatic heterocycles. The van der Waals surface area contributed by atoms with Crippen LogP contribution in [0.25, 0.3) is 0 Å². The Balaban J connectivity index is 1.86. The maximum atomic E-state index is 12.8. The molecule has 5 heteroatoms. The van der Waals surface area contributed by atoms with E-state index < -0.39 is 5.54 Å². The van der Waals surface area contributed by atoms with Gasteiger partial charge in [-0.2, -0.15) is 0 Å². The zero-order valence-corrected chi connectivity index (χ0v) is 12.8. The largest absolute Gasteiger partial charge is 0.329 e. The molecule has 2 fully saturated rings. The van der Waals surface area contributed by atoms with Crippen LogP contribution in [-0.4, -0.2) is 17.5 Å². The molecule has 21 heavy (non-hydrogen) atoms. The van der Waals surface area contributed by atoms with Crippen molar-refractivity contribution in [3.8, 4) is 0 Å². The number of rotatable bonds is 2. The third-order valence-corrected chi connectivity index (χ3v) is 5.00. The van der Waals surface area contributed by atoms with Gasteiger partial charge in [-0.3, -0.25) is 4.79 Å². The van der Waals surface area contributed by atoms with Gasteiger partial charge in [0.15, 0.2) is 0 Å². The third-order valence-electron chi connectivity index (χ3n) is 4.76. The highest BCUT2D eigenvalue weighted by Gasteiger charge is 2.52. The van der Waals surface area contributed by atoms with E-state index in [1.54, 1.807) is 24.3 Å². The van der Waals surface area contributed by atoms with Crippen molar-refractivity contribution in [2.24, 2.45) is 5.92 Å². The predicted molar refractivity (Wildman–Crippen MR) is 82.4 cm³/mol. The fourth-order valence-corrected chi connectivity index (χ4v) is 3.57. The van der Waals surface area contributed by atoms with E-state index in [1.807, 2.05) is 0 Å². The minimum Gasteiger partial charge on any atom is -0.323 e. The molecule has 1 heterocycles. The number of imide groups is 1. The van der Waals surface area contributed by atoms with E-state index in [0.29, 0.717) is 16.6 Å². The molecule has 1 aliphatic carbocycles. The lowest BCUT2D eigenvalue weighted by Gasteiger charge is -2.34.